The molecule has 154 valence electrons. The van der Waals surface area contributed by atoms with E-state index in [1.54, 1.807) is 0 Å². The summed E-state index contributed by atoms with van der Waals surface area (Å²) >= 11 is 0. The second-order valence-corrected chi connectivity index (χ2v) is 7.63. The predicted molar refractivity (Wildman–Crippen MR) is 114 cm³/mol. The minimum Gasteiger partial charge on any atom is -0.490 e. The van der Waals surface area contributed by atoms with Crippen molar-refractivity contribution >= 4 is 0 Å². The number of ether oxygens (including phenoxy) is 2. The first kappa shape index (κ1) is 22.0. The van der Waals surface area contributed by atoms with Crippen molar-refractivity contribution in [3.8, 4) is 11.5 Å². The van der Waals surface area contributed by atoms with Crippen LogP contribution in [-0.4, -0.2) is 44.3 Å². The molecule has 4 heteroatoms. The third-order valence-corrected chi connectivity index (χ3v) is 5.13. The Kier molecular flexibility index (Phi) is 11.3. The summed E-state index contributed by atoms with van der Waals surface area (Å²) in [5.74, 6) is 1.83. The molecule has 0 atom stereocenters. The van der Waals surface area contributed by atoms with Gasteiger partial charge in [0, 0.05) is 32.7 Å². The fourth-order valence-corrected chi connectivity index (χ4v) is 3.43. The standard InChI is InChI=1S/C23H40N2O2/c1-3-5-7-9-17-26-22-12-11-21(20-25-15-13-24-14-16-25)19-23(22)27-18-10-8-6-4-2/h11-12,19,24H,3-10,13-18,20H2,1-2H3. The Bertz CT molecular complexity index is 501. The van der Waals surface area contributed by atoms with Crippen LogP contribution in [0.3, 0.4) is 0 Å². The van der Waals surface area contributed by atoms with Crippen LogP contribution in [0, 0.1) is 0 Å². The summed E-state index contributed by atoms with van der Waals surface area (Å²) in [4.78, 5) is 2.50. The van der Waals surface area contributed by atoms with E-state index in [1.165, 1.54) is 44.1 Å². The predicted octanol–water partition coefficient (Wildman–Crippen LogP) is 5.01. The van der Waals surface area contributed by atoms with E-state index in [2.05, 4.69) is 42.3 Å². The summed E-state index contributed by atoms with van der Waals surface area (Å²) in [5, 5.41) is 3.42. The van der Waals surface area contributed by atoms with E-state index >= 15 is 0 Å². The maximum atomic E-state index is 6.14. The number of nitrogens with zero attached hydrogens (tertiary/aromatic N) is 1. The summed E-state index contributed by atoms with van der Waals surface area (Å²) in [6.07, 6.45) is 9.80. The van der Waals surface area contributed by atoms with Gasteiger partial charge in [-0.15, -0.1) is 0 Å². The first-order valence-electron chi connectivity index (χ1n) is 11.1. The molecule has 1 heterocycles. The average molecular weight is 377 g/mol. The third kappa shape index (κ3) is 8.98. The van der Waals surface area contributed by atoms with E-state index in [0.29, 0.717) is 0 Å². The number of hydrogen-bond donors (Lipinski definition) is 1. The Morgan fingerprint density at radius 2 is 1.44 bits per heavy atom. The molecular formula is C23H40N2O2. The highest BCUT2D eigenvalue weighted by atomic mass is 16.5. The van der Waals surface area contributed by atoms with Crippen LogP contribution in [-0.2, 0) is 6.54 Å². The van der Waals surface area contributed by atoms with Gasteiger partial charge < -0.3 is 14.8 Å². The first-order valence-corrected chi connectivity index (χ1v) is 11.1. The zero-order chi connectivity index (χ0) is 19.2. The van der Waals surface area contributed by atoms with Gasteiger partial charge in [0.15, 0.2) is 11.5 Å². The van der Waals surface area contributed by atoms with Crippen LogP contribution in [0.4, 0.5) is 0 Å². The van der Waals surface area contributed by atoms with E-state index in [0.717, 1.165) is 70.3 Å². The van der Waals surface area contributed by atoms with E-state index in [4.69, 9.17) is 9.47 Å². The van der Waals surface area contributed by atoms with Crippen LogP contribution < -0.4 is 14.8 Å². The molecule has 1 aromatic rings. The number of piperazine rings is 1. The van der Waals surface area contributed by atoms with Gasteiger partial charge in [-0.3, -0.25) is 4.90 Å². The zero-order valence-electron chi connectivity index (χ0n) is 17.6. The van der Waals surface area contributed by atoms with E-state index in [9.17, 15) is 0 Å². The molecule has 27 heavy (non-hydrogen) atoms. The molecule has 0 saturated carbocycles. The van der Waals surface area contributed by atoms with Crippen molar-refractivity contribution in [2.24, 2.45) is 0 Å². The van der Waals surface area contributed by atoms with Gasteiger partial charge >= 0.3 is 0 Å². The molecular weight excluding hydrogens is 336 g/mol. The SMILES string of the molecule is CCCCCCOc1ccc(CN2CCNCC2)cc1OCCCCCC. The molecule has 0 aliphatic carbocycles. The highest BCUT2D eigenvalue weighted by molar-refractivity contribution is 5.43. The smallest absolute Gasteiger partial charge is 0.161 e. The summed E-state index contributed by atoms with van der Waals surface area (Å²) in [6.45, 7) is 11.4. The summed E-state index contributed by atoms with van der Waals surface area (Å²) < 4.78 is 12.2. The average Bonchev–Trinajstić information content (AvgIpc) is 2.70. The lowest BCUT2D eigenvalue weighted by Gasteiger charge is -2.27. The quantitative estimate of drug-likeness (QED) is 0.463. The van der Waals surface area contributed by atoms with Gasteiger partial charge in [0.25, 0.3) is 0 Å². The molecule has 1 aliphatic heterocycles. The van der Waals surface area contributed by atoms with E-state index in [1.807, 2.05) is 0 Å². The molecule has 1 saturated heterocycles. The monoisotopic (exact) mass is 376 g/mol. The van der Waals surface area contributed by atoms with Crippen molar-refractivity contribution in [1.82, 2.24) is 10.2 Å². The largest absolute Gasteiger partial charge is 0.490 e. The summed E-state index contributed by atoms with van der Waals surface area (Å²) in [5.41, 5.74) is 1.32. The fourth-order valence-electron chi connectivity index (χ4n) is 3.43. The number of unbranched alkanes of at least 4 members (excludes halogenated alkanes) is 6. The molecule has 0 radical (unpaired) electrons. The topological polar surface area (TPSA) is 33.7 Å². The molecule has 1 fully saturated rings. The molecule has 0 amide bonds. The zero-order valence-corrected chi connectivity index (χ0v) is 17.6. The molecule has 0 bridgehead atoms. The Morgan fingerprint density at radius 3 is 2.07 bits per heavy atom. The van der Waals surface area contributed by atoms with Crippen LogP contribution in [0.5, 0.6) is 11.5 Å². The lowest BCUT2D eigenvalue weighted by Crippen LogP contribution is -2.42. The number of benzene rings is 1. The van der Waals surface area contributed by atoms with Crippen LogP contribution in [0.1, 0.15) is 70.8 Å². The molecule has 0 unspecified atom stereocenters. The lowest BCUT2D eigenvalue weighted by atomic mass is 10.1. The normalized spacial score (nSPS) is 15.0. The van der Waals surface area contributed by atoms with Crippen molar-refractivity contribution < 1.29 is 9.47 Å². The summed E-state index contributed by atoms with van der Waals surface area (Å²) in [7, 11) is 0. The van der Waals surface area contributed by atoms with Crippen LogP contribution >= 0.6 is 0 Å². The van der Waals surface area contributed by atoms with Crippen molar-refractivity contribution in [2.45, 2.75) is 71.8 Å². The van der Waals surface area contributed by atoms with Crippen molar-refractivity contribution in [3.05, 3.63) is 23.8 Å². The number of nitrogens with one attached hydrogen (secondary N) is 1. The molecule has 1 aliphatic rings. The highest BCUT2D eigenvalue weighted by Gasteiger charge is 2.12. The van der Waals surface area contributed by atoms with Gasteiger partial charge in [-0.1, -0.05) is 58.4 Å². The summed E-state index contributed by atoms with van der Waals surface area (Å²) in [6, 6.07) is 6.51. The minimum absolute atomic E-state index is 0.781. The number of hydrogen-bond acceptors (Lipinski definition) is 4. The molecule has 1 aromatic carbocycles. The van der Waals surface area contributed by atoms with Gasteiger partial charge in [-0.2, -0.15) is 0 Å². The van der Waals surface area contributed by atoms with Crippen molar-refractivity contribution in [1.29, 1.82) is 0 Å². The second-order valence-electron chi connectivity index (χ2n) is 7.63. The molecule has 0 spiro atoms. The third-order valence-electron chi connectivity index (χ3n) is 5.13. The Balaban J connectivity index is 1.90. The van der Waals surface area contributed by atoms with Gasteiger partial charge in [0.2, 0.25) is 0 Å². The number of rotatable bonds is 14. The van der Waals surface area contributed by atoms with Gasteiger partial charge in [0.05, 0.1) is 13.2 Å². The van der Waals surface area contributed by atoms with Crippen LogP contribution in [0.25, 0.3) is 0 Å². The van der Waals surface area contributed by atoms with E-state index in [-0.39, 0.29) is 0 Å². The fraction of sp³-hybridized carbons (Fsp3) is 0.739. The second kappa shape index (κ2) is 13.8. The van der Waals surface area contributed by atoms with Gasteiger partial charge in [-0.05, 0) is 30.5 Å². The molecule has 2 rings (SSSR count). The molecule has 4 nitrogen and oxygen atoms in total. The van der Waals surface area contributed by atoms with E-state index < -0.39 is 0 Å². The maximum absolute atomic E-state index is 6.14. The van der Waals surface area contributed by atoms with Gasteiger partial charge in [0.1, 0.15) is 0 Å². The highest BCUT2D eigenvalue weighted by Crippen LogP contribution is 2.29. The van der Waals surface area contributed by atoms with Crippen LogP contribution in [0.2, 0.25) is 0 Å². The van der Waals surface area contributed by atoms with Crippen molar-refractivity contribution in [3.63, 3.8) is 0 Å². The first-order chi connectivity index (χ1) is 13.3. The molecule has 0 aromatic heterocycles. The van der Waals surface area contributed by atoms with Crippen LogP contribution in [0.15, 0.2) is 18.2 Å². The Labute approximate surface area is 166 Å². The maximum Gasteiger partial charge on any atom is 0.161 e. The molecule has 1 N–H and O–H groups in total. The Hall–Kier alpha value is -1.26. The Morgan fingerprint density at radius 1 is 0.815 bits per heavy atom. The van der Waals surface area contributed by atoms with Gasteiger partial charge in [-0.25, -0.2) is 0 Å². The minimum atomic E-state index is 0.781. The van der Waals surface area contributed by atoms with Crippen molar-refractivity contribution in [2.75, 3.05) is 39.4 Å². The lowest BCUT2D eigenvalue weighted by molar-refractivity contribution is 0.231.